The molecule has 0 aromatic carbocycles. The van der Waals surface area contributed by atoms with E-state index in [1.165, 1.54) is 0 Å². The van der Waals surface area contributed by atoms with E-state index in [9.17, 15) is 9.90 Å². The standard InChI is InChI=1S/C15H28N4O2/c1-11(2)15(5,21)10-17-14(20)16-7-6-8-19-13(4)9-12(3)18-19/h9,11,21H,6-8,10H2,1-5H3,(H2,16,17,20). The molecule has 0 bridgehead atoms. The average molecular weight is 296 g/mol. The lowest BCUT2D eigenvalue weighted by atomic mass is 9.93. The summed E-state index contributed by atoms with van der Waals surface area (Å²) in [6.45, 7) is 11.2. The maximum Gasteiger partial charge on any atom is 0.314 e. The minimum absolute atomic E-state index is 0.0869. The number of nitrogens with zero attached hydrogens (tertiary/aromatic N) is 2. The minimum Gasteiger partial charge on any atom is -0.388 e. The summed E-state index contributed by atoms with van der Waals surface area (Å²) in [6.07, 6.45) is 0.815. The van der Waals surface area contributed by atoms with Gasteiger partial charge in [0.05, 0.1) is 11.3 Å². The Hall–Kier alpha value is -1.56. The first-order chi connectivity index (χ1) is 9.72. The Morgan fingerprint density at radius 1 is 1.43 bits per heavy atom. The predicted octanol–water partition coefficient (Wildman–Crippen LogP) is 1.60. The van der Waals surface area contributed by atoms with E-state index >= 15 is 0 Å². The van der Waals surface area contributed by atoms with Crippen LogP contribution in [0.15, 0.2) is 6.07 Å². The van der Waals surface area contributed by atoms with Crippen molar-refractivity contribution < 1.29 is 9.90 Å². The lowest BCUT2D eigenvalue weighted by Gasteiger charge is -2.27. The summed E-state index contributed by atoms with van der Waals surface area (Å²) >= 11 is 0. The number of amides is 2. The van der Waals surface area contributed by atoms with E-state index in [1.54, 1.807) is 6.92 Å². The van der Waals surface area contributed by atoms with E-state index in [1.807, 2.05) is 38.4 Å². The molecule has 0 aliphatic rings. The van der Waals surface area contributed by atoms with E-state index < -0.39 is 5.60 Å². The number of nitrogens with one attached hydrogen (secondary N) is 2. The molecule has 0 saturated carbocycles. The van der Waals surface area contributed by atoms with Crippen LogP contribution >= 0.6 is 0 Å². The lowest BCUT2D eigenvalue weighted by Crippen LogP contribution is -2.47. The van der Waals surface area contributed by atoms with Gasteiger partial charge in [-0.3, -0.25) is 4.68 Å². The van der Waals surface area contributed by atoms with Gasteiger partial charge in [0.1, 0.15) is 0 Å². The fourth-order valence-corrected chi connectivity index (χ4v) is 1.86. The van der Waals surface area contributed by atoms with Gasteiger partial charge in [-0.1, -0.05) is 13.8 Å². The molecular formula is C15H28N4O2. The second kappa shape index (κ2) is 7.45. The number of hydrogen-bond acceptors (Lipinski definition) is 3. The molecule has 1 aromatic rings. The van der Waals surface area contributed by atoms with Gasteiger partial charge in [0, 0.05) is 25.3 Å². The quantitative estimate of drug-likeness (QED) is 0.669. The van der Waals surface area contributed by atoms with Crippen molar-refractivity contribution in [3.05, 3.63) is 17.5 Å². The Bertz CT molecular complexity index is 466. The van der Waals surface area contributed by atoms with Crippen molar-refractivity contribution >= 4 is 6.03 Å². The van der Waals surface area contributed by atoms with Crippen molar-refractivity contribution in [1.82, 2.24) is 20.4 Å². The number of aromatic nitrogens is 2. The molecule has 2 amide bonds. The van der Waals surface area contributed by atoms with Gasteiger partial charge in [-0.05, 0) is 39.2 Å². The van der Waals surface area contributed by atoms with Crippen molar-refractivity contribution in [3.8, 4) is 0 Å². The van der Waals surface area contributed by atoms with Crippen LogP contribution in [0, 0.1) is 19.8 Å². The Morgan fingerprint density at radius 3 is 2.62 bits per heavy atom. The van der Waals surface area contributed by atoms with Crippen molar-refractivity contribution in [2.24, 2.45) is 5.92 Å². The first-order valence-corrected chi connectivity index (χ1v) is 7.47. The highest BCUT2D eigenvalue weighted by atomic mass is 16.3. The molecule has 3 N–H and O–H groups in total. The van der Waals surface area contributed by atoms with Crippen molar-refractivity contribution in [2.45, 2.75) is 53.2 Å². The first-order valence-electron chi connectivity index (χ1n) is 7.47. The van der Waals surface area contributed by atoms with E-state index in [2.05, 4.69) is 15.7 Å². The molecule has 0 fully saturated rings. The summed E-state index contributed by atoms with van der Waals surface area (Å²) in [7, 11) is 0. The summed E-state index contributed by atoms with van der Waals surface area (Å²) in [5.41, 5.74) is 1.25. The number of carbonyl (C=O) groups is 1. The van der Waals surface area contributed by atoms with Gasteiger partial charge >= 0.3 is 6.03 Å². The highest BCUT2D eigenvalue weighted by Crippen LogP contribution is 2.14. The van der Waals surface area contributed by atoms with Crippen LogP contribution in [0.1, 0.15) is 38.6 Å². The second-order valence-corrected chi connectivity index (χ2v) is 6.13. The predicted molar refractivity (Wildman–Crippen MR) is 83.2 cm³/mol. The molecule has 6 heteroatoms. The number of hydrogen-bond donors (Lipinski definition) is 3. The molecular weight excluding hydrogens is 268 g/mol. The fraction of sp³-hybridized carbons (Fsp3) is 0.733. The van der Waals surface area contributed by atoms with Crippen LogP contribution < -0.4 is 10.6 Å². The molecule has 1 unspecified atom stereocenters. The Balaban J connectivity index is 2.21. The molecule has 21 heavy (non-hydrogen) atoms. The maximum absolute atomic E-state index is 11.6. The molecule has 0 saturated heterocycles. The van der Waals surface area contributed by atoms with Crippen LogP contribution in [0.2, 0.25) is 0 Å². The van der Waals surface area contributed by atoms with Crippen LogP contribution in [-0.2, 0) is 6.54 Å². The topological polar surface area (TPSA) is 79.2 Å². The smallest absolute Gasteiger partial charge is 0.314 e. The van der Waals surface area contributed by atoms with Gasteiger partial charge in [-0.2, -0.15) is 5.10 Å². The van der Waals surface area contributed by atoms with Gasteiger partial charge < -0.3 is 15.7 Å². The summed E-state index contributed by atoms with van der Waals surface area (Å²) in [5.74, 6) is 0.0869. The summed E-state index contributed by atoms with van der Waals surface area (Å²) in [5, 5.41) is 19.9. The Labute approximate surface area is 126 Å². The van der Waals surface area contributed by atoms with Crippen LogP contribution in [0.3, 0.4) is 0 Å². The van der Waals surface area contributed by atoms with Crippen LogP contribution in [-0.4, -0.2) is 39.6 Å². The molecule has 120 valence electrons. The average Bonchev–Trinajstić information content (AvgIpc) is 2.70. The van der Waals surface area contributed by atoms with E-state index in [0.29, 0.717) is 6.54 Å². The molecule has 1 atom stereocenters. The highest BCUT2D eigenvalue weighted by molar-refractivity contribution is 5.73. The van der Waals surface area contributed by atoms with Crippen LogP contribution in [0.25, 0.3) is 0 Å². The number of urea groups is 1. The molecule has 1 rings (SSSR count). The molecule has 0 aliphatic carbocycles. The second-order valence-electron chi connectivity index (χ2n) is 6.13. The monoisotopic (exact) mass is 296 g/mol. The largest absolute Gasteiger partial charge is 0.388 e. The van der Waals surface area contributed by atoms with Gasteiger partial charge in [0.2, 0.25) is 0 Å². The third kappa shape index (κ3) is 5.75. The zero-order valence-corrected chi connectivity index (χ0v) is 13.7. The van der Waals surface area contributed by atoms with Gasteiger partial charge in [0.25, 0.3) is 0 Å². The Morgan fingerprint density at radius 2 is 2.10 bits per heavy atom. The van der Waals surface area contributed by atoms with E-state index in [4.69, 9.17) is 0 Å². The van der Waals surface area contributed by atoms with E-state index in [-0.39, 0.29) is 18.5 Å². The molecule has 1 aromatic heterocycles. The molecule has 1 heterocycles. The van der Waals surface area contributed by atoms with Crippen LogP contribution in [0.4, 0.5) is 4.79 Å². The van der Waals surface area contributed by atoms with Gasteiger partial charge in [0.15, 0.2) is 0 Å². The zero-order chi connectivity index (χ0) is 16.0. The number of rotatable bonds is 7. The number of carbonyl (C=O) groups excluding carboxylic acids is 1. The lowest BCUT2D eigenvalue weighted by molar-refractivity contribution is 0.0166. The molecule has 0 spiro atoms. The zero-order valence-electron chi connectivity index (χ0n) is 13.7. The third-order valence-corrected chi connectivity index (χ3v) is 3.79. The van der Waals surface area contributed by atoms with Gasteiger partial charge in [-0.25, -0.2) is 4.79 Å². The summed E-state index contributed by atoms with van der Waals surface area (Å²) < 4.78 is 1.94. The fourth-order valence-electron chi connectivity index (χ4n) is 1.86. The van der Waals surface area contributed by atoms with Crippen LogP contribution in [0.5, 0.6) is 0 Å². The molecule has 0 aliphatic heterocycles. The number of aliphatic hydroxyl groups is 1. The van der Waals surface area contributed by atoms with Crippen molar-refractivity contribution in [1.29, 1.82) is 0 Å². The summed E-state index contributed by atoms with van der Waals surface area (Å²) in [6, 6.07) is 1.79. The third-order valence-electron chi connectivity index (χ3n) is 3.79. The van der Waals surface area contributed by atoms with Crippen molar-refractivity contribution in [2.75, 3.05) is 13.1 Å². The highest BCUT2D eigenvalue weighted by Gasteiger charge is 2.25. The summed E-state index contributed by atoms with van der Waals surface area (Å²) in [4.78, 5) is 11.6. The normalized spacial score (nSPS) is 14.0. The maximum atomic E-state index is 11.6. The van der Waals surface area contributed by atoms with E-state index in [0.717, 1.165) is 24.4 Å². The molecule has 6 nitrogen and oxygen atoms in total. The first kappa shape index (κ1) is 17.5. The molecule has 0 radical (unpaired) electrons. The number of aryl methyl sites for hydroxylation is 3. The minimum atomic E-state index is -0.888. The Kier molecular flexibility index (Phi) is 6.20. The van der Waals surface area contributed by atoms with Gasteiger partial charge in [-0.15, -0.1) is 0 Å². The van der Waals surface area contributed by atoms with Crippen molar-refractivity contribution in [3.63, 3.8) is 0 Å². The SMILES string of the molecule is Cc1cc(C)n(CCCNC(=O)NCC(C)(O)C(C)C)n1.